The van der Waals surface area contributed by atoms with Gasteiger partial charge >= 0.3 is 0 Å². The van der Waals surface area contributed by atoms with Crippen LogP contribution in [0.4, 0.5) is 0 Å². The van der Waals surface area contributed by atoms with Crippen LogP contribution in [0.2, 0.25) is 0 Å². The van der Waals surface area contributed by atoms with Gasteiger partial charge in [-0.3, -0.25) is 4.79 Å². The second kappa shape index (κ2) is 5.97. The molecule has 2 rings (SSSR count). The minimum Gasteiger partial charge on any atom is -0.393 e. The molecule has 1 N–H and O–H groups in total. The van der Waals surface area contributed by atoms with E-state index in [0.29, 0.717) is 5.92 Å². The minimum absolute atomic E-state index is 0.0810. The average molecular weight is 279 g/mol. The van der Waals surface area contributed by atoms with E-state index < -0.39 is 0 Å². The van der Waals surface area contributed by atoms with E-state index in [4.69, 9.17) is 0 Å². The Morgan fingerprint density at radius 2 is 2.05 bits per heavy atom. The number of carbonyl (C=O) groups is 1. The molecule has 1 amide bonds. The number of rotatable bonds is 2. The van der Waals surface area contributed by atoms with Crippen molar-refractivity contribution >= 4 is 18.5 Å². The van der Waals surface area contributed by atoms with Gasteiger partial charge in [-0.05, 0) is 50.3 Å². The Bertz CT molecular complexity index is 465. The van der Waals surface area contributed by atoms with Crippen LogP contribution in [0.25, 0.3) is 0 Å². The van der Waals surface area contributed by atoms with E-state index in [1.54, 1.807) is 0 Å². The van der Waals surface area contributed by atoms with Gasteiger partial charge < -0.3 is 10.0 Å². The predicted molar refractivity (Wildman–Crippen MR) is 78.7 cm³/mol. The van der Waals surface area contributed by atoms with Crippen molar-refractivity contribution in [3.63, 3.8) is 0 Å². The Balaban J connectivity index is 2.07. The third kappa shape index (κ3) is 3.31. The lowest BCUT2D eigenvalue weighted by molar-refractivity contribution is 0.0520. The Kier molecular flexibility index (Phi) is 4.53. The van der Waals surface area contributed by atoms with Crippen molar-refractivity contribution in [2.24, 2.45) is 5.92 Å². The summed E-state index contributed by atoms with van der Waals surface area (Å²) in [5, 5.41) is 9.59. The number of thiol groups is 1. The molecule has 1 heterocycles. The lowest BCUT2D eigenvalue weighted by atomic mass is 9.91. The Morgan fingerprint density at radius 3 is 2.63 bits per heavy atom. The van der Waals surface area contributed by atoms with Crippen LogP contribution >= 0.6 is 12.6 Å². The Morgan fingerprint density at radius 1 is 1.42 bits per heavy atom. The third-order valence-electron chi connectivity index (χ3n) is 3.96. The van der Waals surface area contributed by atoms with E-state index >= 15 is 0 Å². The monoisotopic (exact) mass is 279 g/mol. The molecule has 0 aromatic heterocycles. The second-order valence-corrected chi connectivity index (χ2v) is 5.89. The first-order chi connectivity index (χ1) is 8.99. The van der Waals surface area contributed by atoms with E-state index in [1.165, 1.54) is 0 Å². The summed E-state index contributed by atoms with van der Waals surface area (Å²) in [6.45, 7) is 5.23. The number of amides is 1. The molecule has 1 aliphatic rings. The van der Waals surface area contributed by atoms with Gasteiger partial charge in [0.25, 0.3) is 5.91 Å². The van der Waals surface area contributed by atoms with Gasteiger partial charge in [-0.2, -0.15) is 0 Å². The molecular weight excluding hydrogens is 258 g/mol. The van der Waals surface area contributed by atoms with Crippen molar-refractivity contribution in [1.29, 1.82) is 0 Å². The summed E-state index contributed by atoms with van der Waals surface area (Å²) in [6, 6.07) is 5.66. The molecule has 1 fully saturated rings. The van der Waals surface area contributed by atoms with Crippen LogP contribution in [0.15, 0.2) is 23.1 Å². The molecule has 1 saturated heterocycles. The molecular formula is C15H21NO2S. The van der Waals surface area contributed by atoms with Crippen LogP contribution in [0.5, 0.6) is 0 Å². The van der Waals surface area contributed by atoms with Gasteiger partial charge in [0.1, 0.15) is 0 Å². The number of hydrogen-bond donors (Lipinski definition) is 2. The average Bonchev–Trinajstić information content (AvgIpc) is 2.41. The Hall–Kier alpha value is -1.00. The quantitative estimate of drug-likeness (QED) is 0.817. The first kappa shape index (κ1) is 14.4. The molecule has 104 valence electrons. The number of nitrogens with zero attached hydrogens (tertiary/aromatic N) is 1. The molecule has 0 saturated carbocycles. The zero-order valence-corrected chi connectivity index (χ0v) is 12.4. The molecule has 0 spiro atoms. The highest BCUT2D eigenvalue weighted by Gasteiger charge is 2.26. The standard InChI is InChI=1S/C15H21NO2S/c1-10-3-4-13(19)9-14(10)15(18)16-7-5-12(6-8-16)11(2)17/h3-4,9,11-12,17,19H,5-8H2,1-2H3. The number of carbonyl (C=O) groups excluding carboxylic acids is 1. The van der Waals surface area contributed by atoms with E-state index in [0.717, 1.165) is 42.0 Å². The topological polar surface area (TPSA) is 40.5 Å². The summed E-state index contributed by atoms with van der Waals surface area (Å²) >= 11 is 4.30. The first-order valence-corrected chi connectivity index (χ1v) is 7.20. The van der Waals surface area contributed by atoms with Gasteiger partial charge in [0.15, 0.2) is 0 Å². The van der Waals surface area contributed by atoms with Crippen molar-refractivity contribution < 1.29 is 9.90 Å². The summed E-state index contributed by atoms with van der Waals surface area (Å²) in [5.74, 6) is 0.402. The lowest BCUT2D eigenvalue weighted by Crippen LogP contribution is -2.41. The molecule has 3 nitrogen and oxygen atoms in total. The van der Waals surface area contributed by atoms with Crippen LogP contribution in [0, 0.1) is 12.8 Å². The first-order valence-electron chi connectivity index (χ1n) is 6.76. The minimum atomic E-state index is -0.278. The fourth-order valence-electron chi connectivity index (χ4n) is 2.60. The number of aliphatic hydroxyl groups excluding tert-OH is 1. The fraction of sp³-hybridized carbons (Fsp3) is 0.533. The van der Waals surface area contributed by atoms with Gasteiger partial charge in [-0.25, -0.2) is 0 Å². The second-order valence-electron chi connectivity index (χ2n) is 5.37. The molecule has 1 aromatic rings. The highest BCUT2D eigenvalue weighted by Crippen LogP contribution is 2.23. The predicted octanol–water partition coefficient (Wildman–Crippen LogP) is 2.52. The van der Waals surface area contributed by atoms with Crippen LogP contribution in [-0.4, -0.2) is 35.1 Å². The highest BCUT2D eigenvalue weighted by atomic mass is 32.1. The number of aliphatic hydroxyl groups is 1. The van der Waals surface area contributed by atoms with Gasteiger partial charge in [-0.1, -0.05) is 6.07 Å². The molecule has 1 aliphatic heterocycles. The SMILES string of the molecule is Cc1ccc(S)cc1C(=O)N1CCC(C(C)O)CC1. The maximum absolute atomic E-state index is 12.5. The van der Waals surface area contributed by atoms with Gasteiger partial charge in [0, 0.05) is 23.5 Å². The summed E-state index contributed by atoms with van der Waals surface area (Å²) in [5.41, 5.74) is 1.73. The van der Waals surface area contributed by atoms with Crippen molar-refractivity contribution in [2.45, 2.75) is 37.7 Å². The van der Waals surface area contributed by atoms with Crippen LogP contribution in [0.3, 0.4) is 0 Å². The van der Waals surface area contributed by atoms with E-state index in [9.17, 15) is 9.90 Å². The molecule has 4 heteroatoms. The molecule has 19 heavy (non-hydrogen) atoms. The Labute approximate surface area is 120 Å². The van der Waals surface area contributed by atoms with Gasteiger partial charge in [-0.15, -0.1) is 12.6 Å². The normalized spacial score (nSPS) is 18.4. The highest BCUT2D eigenvalue weighted by molar-refractivity contribution is 7.80. The summed E-state index contributed by atoms with van der Waals surface area (Å²) < 4.78 is 0. The maximum Gasteiger partial charge on any atom is 0.254 e. The summed E-state index contributed by atoms with van der Waals surface area (Å²) in [7, 11) is 0. The lowest BCUT2D eigenvalue weighted by Gasteiger charge is -2.33. The van der Waals surface area contributed by atoms with Crippen molar-refractivity contribution in [2.75, 3.05) is 13.1 Å². The number of benzene rings is 1. The molecule has 0 aliphatic carbocycles. The van der Waals surface area contributed by atoms with E-state index in [-0.39, 0.29) is 12.0 Å². The van der Waals surface area contributed by atoms with Crippen LogP contribution in [-0.2, 0) is 0 Å². The van der Waals surface area contributed by atoms with Crippen molar-refractivity contribution in [3.05, 3.63) is 29.3 Å². The van der Waals surface area contributed by atoms with Crippen molar-refractivity contribution in [1.82, 2.24) is 4.90 Å². The molecule has 1 unspecified atom stereocenters. The third-order valence-corrected chi connectivity index (χ3v) is 4.24. The fourth-order valence-corrected chi connectivity index (χ4v) is 2.80. The number of piperidine rings is 1. The van der Waals surface area contributed by atoms with E-state index in [2.05, 4.69) is 12.6 Å². The zero-order chi connectivity index (χ0) is 14.0. The van der Waals surface area contributed by atoms with Crippen LogP contribution < -0.4 is 0 Å². The van der Waals surface area contributed by atoms with E-state index in [1.807, 2.05) is 36.9 Å². The van der Waals surface area contributed by atoms with Gasteiger partial charge in [0.05, 0.1) is 6.10 Å². The molecule has 0 bridgehead atoms. The largest absolute Gasteiger partial charge is 0.393 e. The van der Waals surface area contributed by atoms with Gasteiger partial charge in [0.2, 0.25) is 0 Å². The number of hydrogen-bond acceptors (Lipinski definition) is 3. The van der Waals surface area contributed by atoms with Crippen molar-refractivity contribution in [3.8, 4) is 0 Å². The number of likely N-dealkylation sites (tertiary alicyclic amines) is 1. The smallest absolute Gasteiger partial charge is 0.254 e. The molecule has 0 radical (unpaired) electrons. The maximum atomic E-state index is 12.5. The molecule has 1 aromatic carbocycles. The summed E-state index contributed by atoms with van der Waals surface area (Å²) in [4.78, 5) is 15.2. The molecule has 1 atom stereocenters. The number of aryl methyl sites for hydroxylation is 1. The summed E-state index contributed by atoms with van der Waals surface area (Å²) in [6.07, 6.45) is 1.48. The van der Waals surface area contributed by atoms with Crippen LogP contribution in [0.1, 0.15) is 35.7 Å². The zero-order valence-electron chi connectivity index (χ0n) is 11.5.